The van der Waals surface area contributed by atoms with Crippen LogP contribution in [0.15, 0.2) is 52.2 Å². The first-order valence-electron chi connectivity index (χ1n) is 5.73. The van der Waals surface area contributed by atoms with Gasteiger partial charge in [-0.2, -0.15) is 5.10 Å². The van der Waals surface area contributed by atoms with Crippen molar-refractivity contribution >= 4 is 11.4 Å². The van der Waals surface area contributed by atoms with Crippen LogP contribution in [0.25, 0.3) is 0 Å². The van der Waals surface area contributed by atoms with Crippen LogP contribution in [0.2, 0.25) is 0 Å². The molecule has 1 heterocycles. The van der Waals surface area contributed by atoms with Crippen molar-refractivity contribution in [2.75, 3.05) is 5.43 Å². The molecule has 0 atom stereocenters. The van der Waals surface area contributed by atoms with Crippen LogP contribution in [0.1, 0.15) is 25.2 Å². The van der Waals surface area contributed by atoms with Gasteiger partial charge in [-0.05, 0) is 37.1 Å². The topological polar surface area (TPSA) is 37.5 Å². The van der Waals surface area contributed by atoms with Crippen molar-refractivity contribution in [2.45, 2.75) is 20.3 Å². The molecule has 2 aromatic rings. The molecule has 0 aliphatic heterocycles. The summed E-state index contributed by atoms with van der Waals surface area (Å²) in [4.78, 5) is 0. The van der Waals surface area contributed by atoms with E-state index in [1.807, 2.05) is 37.3 Å². The minimum absolute atomic E-state index is 0.784. The van der Waals surface area contributed by atoms with Gasteiger partial charge >= 0.3 is 0 Å². The number of hydrazone groups is 1. The first-order chi connectivity index (χ1) is 8.31. The number of hydrogen-bond donors (Lipinski definition) is 1. The maximum absolute atomic E-state index is 5.27. The Hall–Kier alpha value is -2.03. The van der Waals surface area contributed by atoms with Crippen molar-refractivity contribution in [1.82, 2.24) is 0 Å². The molecule has 3 nitrogen and oxygen atoms in total. The monoisotopic (exact) mass is 228 g/mol. The van der Waals surface area contributed by atoms with Gasteiger partial charge in [0.05, 0.1) is 12.0 Å². The SMILES string of the molecule is CCc1ccccc1N/N=C(\C)c1ccco1. The first kappa shape index (κ1) is 11.5. The third-order valence-electron chi connectivity index (χ3n) is 2.62. The van der Waals surface area contributed by atoms with Gasteiger partial charge in [0.25, 0.3) is 0 Å². The molecule has 0 amide bonds. The first-order valence-corrected chi connectivity index (χ1v) is 5.73. The van der Waals surface area contributed by atoms with E-state index in [0.717, 1.165) is 23.6 Å². The fraction of sp³-hybridized carbons (Fsp3) is 0.214. The molecule has 0 aliphatic rings. The van der Waals surface area contributed by atoms with Gasteiger partial charge in [-0.1, -0.05) is 25.1 Å². The van der Waals surface area contributed by atoms with Crippen molar-refractivity contribution in [2.24, 2.45) is 5.10 Å². The molecule has 0 saturated heterocycles. The Balaban J connectivity index is 2.14. The number of para-hydroxylation sites is 1. The fourth-order valence-corrected chi connectivity index (χ4v) is 1.62. The average Bonchev–Trinajstić information content (AvgIpc) is 2.90. The predicted molar refractivity (Wildman–Crippen MR) is 70.4 cm³/mol. The number of furan rings is 1. The highest BCUT2D eigenvalue weighted by Gasteiger charge is 2.01. The van der Waals surface area contributed by atoms with Crippen LogP contribution in [0.3, 0.4) is 0 Å². The molecule has 0 unspecified atom stereocenters. The van der Waals surface area contributed by atoms with Crippen LogP contribution in [-0.2, 0) is 6.42 Å². The van der Waals surface area contributed by atoms with Crippen molar-refractivity contribution in [1.29, 1.82) is 0 Å². The molecule has 1 aromatic heterocycles. The lowest BCUT2D eigenvalue weighted by Gasteiger charge is -2.06. The van der Waals surface area contributed by atoms with Gasteiger partial charge in [-0.15, -0.1) is 0 Å². The molecule has 0 fully saturated rings. The van der Waals surface area contributed by atoms with Gasteiger partial charge < -0.3 is 4.42 Å². The Morgan fingerprint density at radius 1 is 1.24 bits per heavy atom. The minimum Gasteiger partial charge on any atom is -0.463 e. The standard InChI is InChI=1S/C14H16N2O/c1-3-12-7-4-5-8-13(12)16-15-11(2)14-9-6-10-17-14/h4-10,16H,3H2,1-2H3/b15-11+. The zero-order valence-corrected chi connectivity index (χ0v) is 10.1. The van der Waals surface area contributed by atoms with E-state index in [0.29, 0.717) is 0 Å². The summed E-state index contributed by atoms with van der Waals surface area (Å²) in [5.74, 6) is 0.784. The van der Waals surface area contributed by atoms with E-state index < -0.39 is 0 Å². The molecule has 0 bridgehead atoms. The van der Waals surface area contributed by atoms with E-state index >= 15 is 0 Å². The van der Waals surface area contributed by atoms with Gasteiger partial charge in [0.2, 0.25) is 0 Å². The molecule has 0 saturated carbocycles. The molecular weight excluding hydrogens is 212 g/mol. The second kappa shape index (κ2) is 5.34. The Labute approximate surface area is 101 Å². The van der Waals surface area contributed by atoms with Gasteiger partial charge in [0.15, 0.2) is 0 Å². The number of hydrogen-bond acceptors (Lipinski definition) is 3. The summed E-state index contributed by atoms with van der Waals surface area (Å²) >= 11 is 0. The molecule has 1 aromatic carbocycles. The number of aryl methyl sites for hydroxylation is 1. The molecule has 17 heavy (non-hydrogen) atoms. The fourth-order valence-electron chi connectivity index (χ4n) is 1.62. The van der Waals surface area contributed by atoms with Crippen molar-refractivity contribution in [3.63, 3.8) is 0 Å². The molecule has 0 radical (unpaired) electrons. The number of rotatable bonds is 4. The van der Waals surface area contributed by atoms with Crippen molar-refractivity contribution in [3.8, 4) is 0 Å². The number of nitrogens with zero attached hydrogens (tertiary/aromatic N) is 1. The predicted octanol–water partition coefficient (Wildman–Crippen LogP) is 3.68. The molecular formula is C14H16N2O. The zero-order chi connectivity index (χ0) is 12.1. The molecule has 0 aliphatic carbocycles. The normalized spacial score (nSPS) is 11.5. The Morgan fingerprint density at radius 2 is 2.06 bits per heavy atom. The second-order valence-corrected chi connectivity index (χ2v) is 3.80. The smallest absolute Gasteiger partial charge is 0.149 e. The van der Waals surface area contributed by atoms with E-state index in [4.69, 9.17) is 4.42 Å². The lowest BCUT2D eigenvalue weighted by atomic mass is 10.1. The van der Waals surface area contributed by atoms with Crippen LogP contribution in [0.4, 0.5) is 5.69 Å². The van der Waals surface area contributed by atoms with Crippen LogP contribution in [0, 0.1) is 0 Å². The maximum atomic E-state index is 5.27. The molecule has 2 rings (SSSR count). The Bertz CT molecular complexity index is 501. The van der Waals surface area contributed by atoms with Gasteiger partial charge in [0.1, 0.15) is 11.5 Å². The summed E-state index contributed by atoms with van der Waals surface area (Å²) in [6, 6.07) is 11.9. The highest BCUT2D eigenvalue weighted by molar-refractivity contribution is 5.96. The zero-order valence-electron chi connectivity index (χ0n) is 10.1. The van der Waals surface area contributed by atoms with E-state index in [2.05, 4.69) is 23.5 Å². The highest BCUT2D eigenvalue weighted by atomic mass is 16.3. The van der Waals surface area contributed by atoms with E-state index in [1.54, 1.807) is 6.26 Å². The molecule has 88 valence electrons. The Kier molecular flexibility index (Phi) is 3.60. The maximum Gasteiger partial charge on any atom is 0.149 e. The van der Waals surface area contributed by atoms with Gasteiger partial charge in [0, 0.05) is 0 Å². The van der Waals surface area contributed by atoms with Crippen LogP contribution >= 0.6 is 0 Å². The lowest BCUT2D eigenvalue weighted by molar-refractivity contribution is 0.557. The summed E-state index contributed by atoms with van der Waals surface area (Å²) < 4.78 is 5.27. The minimum atomic E-state index is 0.784. The molecule has 0 spiro atoms. The van der Waals surface area contributed by atoms with Crippen molar-refractivity contribution in [3.05, 3.63) is 54.0 Å². The van der Waals surface area contributed by atoms with Crippen LogP contribution in [0.5, 0.6) is 0 Å². The third kappa shape index (κ3) is 2.75. The summed E-state index contributed by atoms with van der Waals surface area (Å²) in [7, 11) is 0. The molecule has 1 N–H and O–H groups in total. The summed E-state index contributed by atoms with van der Waals surface area (Å²) in [5.41, 5.74) is 6.21. The molecule has 3 heteroatoms. The quantitative estimate of drug-likeness (QED) is 0.640. The van der Waals surface area contributed by atoms with Crippen LogP contribution in [-0.4, -0.2) is 5.71 Å². The van der Waals surface area contributed by atoms with E-state index in [1.165, 1.54) is 5.56 Å². The highest BCUT2D eigenvalue weighted by Crippen LogP contribution is 2.15. The number of benzene rings is 1. The average molecular weight is 228 g/mol. The van der Waals surface area contributed by atoms with E-state index in [9.17, 15) is 0 Å². The largest absolute Gasteiger partial charge is 0.463 e. The third-order valence-corrected chi connectivity index (χ3v) is 2.62. The second-order valence-electron chi connectivity index (χ2n) is 3.80. The van der Waals surface area contributed by atoms with Gasteiger partial charge in [-0.3, -0.25) is 5.43 Å². The lowest BCUT2D eigenvalue weighted by Crippen LogP contribution is -2.00. The van der Waals surface area contributed by atoms with Crippen LogP contribution < -0.4 is 5.43 Å². The summed E-state index contributed by atoms with van der Waals surface area (Å²) in [6.45, 7) is 4.05. The number of nitrogens with one attached hydrogen (secondary N) is 1. The van der Waals surface area contributed by atoms with Crippen molar-refractivity contribution < 1.29 is 4.42 Å². The summed E-state index contributed by atoms with van der Waals surface area (Å²) in [5, 5.41) is 4.32. The Morgan fingerprint density at radius 3 is 2.76 bits per heavy atom. The van der Waals surface area contributed by atoms with Gasteiger partial charge in [-0.25, -0.2) is 0 Å². The summed E-state index contributed by atoms with van der Waals surface area (Å²) in [6.07, 6.45) is 2.63. The van der Waals surface area contributed by atoms with E-state index in [-0.39, 0.29) is 0 Å². The number of anilines is 1.